The Balaban J connectivity index is 2.12. The second kappa shape index (κ2) is 9.03. The molecule has 2 N–H and O–H groups in total. The quantitative estimate of drug-likeness (QED) is 0.467. The van der Waals surface area contributed by atoms with Crippen LogP contribution >= 0.6 is 12.2 Å². The van der Waals surface area contributed by atoms with E-state index in [1.54, 1.807) is 14.2 Å². The van der Waals surface area contributed by atoms with Crippen LogP contribution in [0, 0.1) is 6.92 Å². The first-order valence-corrected chi connectivity index (χ1v) is 8.34. The highest BCUT2D eigenvalue weighted by molar-refractivity contribution is 7.80. The molecule has 0 saturated carbocycles. The molecule has 6 heteroatoms. The van der Waals surface area contributed by atoms with Crippen molar-refractivity contribution in [3.05, 3.63) is 59.2 Å². The van der Waals surface area contributed by atoms with E-state index >= 15 is 0 Å². The Hall–Kier alpha value is -2.60. The molecule has 132 valence electrons. The van der Waals surface area contributed by atoms with Crippen molar-refractivity contribution in [1.82, 2.24) is 5.32 Å². The third-order valence-corrected chi connectivity index (χ3v) is 4.00. The van der Waals surface area contributed by atoms with E-state index < -0.39 is 0 Å². The van der Waals surface area contributed by atoms with Crippen molar-refractivity contribution >= 4 is 28.7 Å². The molecule has 2 rings (SSSR count). The van der Waals surface area contributed by atoms with E-state index in [-0.39, 0.29) is 0 Å². The molecule has 0 unspecified atom stereocenters. The molecule has 0 aromatic heterocycles. The van der Waals surface area contributed by atoms with Gasteiger partial charge < -0.3 is 20.2 Å². The van der Waals surface area contributed by atoms with Gasteiger partial charge in [-0.1, -0.05) is 23.4 Å². The van der Waals surface area contributed by atoms with Crippen molar-refractivity contribution < 1.29 is 9.57 Å². The van der Waals surface area contributed by atoms with Crippen molar-refractivity contribution in [1.29, 1.82) is 0 Å². The predicted molar refractivity (Wildman–Crippen MR) is 106 cm³/mol. The van der Waals surface area contributed by atoms with Crippen LogP contribution < -0.4 is 15.4 Å². The van der Waals surface area contributed by atoms with Crippen molar-refractivity contribution in [3.63, 3.8) is 0 Å². The first-order chi connectivity index (χ1) is 12.0. The standard InChI is InChI=1S/C19H23N3O2S/c1-13-11-15(14(2)22-23-4)9-10-18(13)24-12-16-7-5-6-8-17(16)21-19(25)20-3/h5-11H,12H2,1-4H3,(H2,20,21,25)/b22-14+. The number of nitrogens with zero attached hydrogens (tertiary/aromatic N) is 1. The van der Waals surface area contributed by atoms with Crippen molar-refractivity contribution in [2.24, 2.45) is 5.16 Å². The summed E-state index contributed by atoms with van der Waals surface area (Å²) in [7, 11) is 3.33. The van der Waals surface area contributed by atoms with E-state index in [0.717, 1.165) is 33.8 Å². The topological polar surface area (TPSA) is 54.9 Å². The maximum Gasteiger partial charge on any atom is 0.170 e. The fraction of sp³-hybridized carbons (Fsp3) is 0.263. The second-order valence-corrected chi connectivity index (χ2v) is 5.90. The van der Waals surface area contributed by atoms with Gasteiger partial charge in [0.05, 0.1) is 5.71 Å². The molecule has 2 aromatic carbocycles. The molecule has 0 atom stereocenters. The molecule has 0 aliphatic heterocycles. The van der Waals surface area contributed by atoms with Gasteiger partial charge in [0.1, 0.15) is 19.5 Å². The Morgan fingerprint density at radius 1 is 1.20 bits per heavy atom. The third-order valence-electron chi connectivity index (χ3n) is 3.70. The number of ether oxygens (including phenoxy) is 1. The van der Waals surface area contributed by atoms with Gasteiger partial charge in [-0.15, -0.1) is 0 Å². The number of para-hydroxylation sites is 1. The average molecular weight is 357 g/mol. The van der Waals surface area contributed by atoms with Gasteiger partial charge in [0, 0.05) is 18.3 Å². The highest BCUT2D eigenvalue weighted by Crippen LogP contribution is 2.23. The lowest BCUT2D eigenvalue weighted by atomic mass is 10.1. The summed E-state index contributed by atoms with van der Waals surface area (Å²) in [5.74, 6) is 0.833. The van der Waals surface area contributed by atoms with E-state index in [1.165, 1.54) is 0 Å². The summed E-state index contributed by atoms with van der Waals surface area (Å²) in [4.78, 5) is 4.82. The lowest BCUT2D eigenvalue weighted by Crippen LogP contribution is -2.24. The van der Waals surface area contributed by atoms with Crippen LogP contribution in [0.15, 0.2) is 47.6 Å². The average Bonchev–Trinajstić information content (AvgIpc) is 2.61. The molecular weight excluding hydrogens is 334 g/mol. The van der Waals surface area contributed by atoms with Crippen LogP contribution in [-0.2, 0) is 11.4 Å². The Morgan fingerprint density at radius 3 is 2.64 bits per heavy atom. The SMILES string of the molecule is CNC(=S)Nc1ccccc1COc1ccc(/C(C)=N/OC)cc1C. The predicted octanol–water partition coefficient (Wildman–Crippen LogP) is 3.86. The molecule has 0 bridgehead atoms. The summed E-state index contributed by atoms with van der Waals surface area (Å²) in [6.07, 6.45) is 0. The first-order valence-electron chi connectivity index (χ1n) is 7.93. The van der Waals surface area contributed by atoms with Gasteiger partial charge in [0.15, 0.2) is 5.11 Å². The number of benzene rings is 2. The zero-order valence-corrected chi connectivity index (χ0v) is 15.7. The molecular formula is C19H23N3O2S. The molecule has 5 nitrogen and oxygen atoms in total. The Bertz CT molecular complexity index is 775. The van der Waals surface area contributed by atoms with Crippen LogP contribution in [0.25, 0.3) is 0 Å². The Morgan fingerprint density at radius 2 is 1.96 bits per heavy atom. The van der Waals surface area contributed by atoms with Gasteiger partial charge in [-0.2, -0.15) is 0 Å². The van der Waals surface area contributed by atoms with Crippen LogP contribution in [-0.4, -0.2) is 25.0 Å². The fourth-order valence-corrected chi connectivity index (χ4v) is 2.44. The van der Waals surface area contributed by atoms with Crippen molar-refractivity contribution in [2.45, 2.75) is 20.5 Å². The van der Waals surface area contributed by atoms with E-state index in [4.69, 9.17) is 21.8 Å². The lowest BCUT2D eigenvalue weighted by Gasteiger charge is -2.15. The Kier molecular flexibility index (Phi) is 6.77. The number of oxime groups is 1. The summed E-state index contributed by atoms with van der Waals surface area (Å²) < 4.78 is 6.00. The molecule has 0 fully saturated rings. The van der Waals surface area contributed by atoms with Crippen LogP contribution in [0.1, 0.15) is 23.6 Å². The minimum atomic E-state index is 0.445. The normalized spacial score (nSPS) is 11.0. The van der Waals surface area contributed by atoms with Crippen LogP contribution in [0.2, 0.25) is 0 Å². The summed E-state index contributed by atoms with van der Waals surface area (Å²) in [6, 6.07) is 13.9. The van der Waals surface area contributed by atoms with E-state index in [0.29, 0.717) is 11.7 Å². The molecule has 0 spiro atoms. The highest BCUT2D eigenvalue weighted by Gasteiger charge is 2.07. The monoisotopic (exact) mass is 357 g/mol. The lowest BCUT2D eigenvalue weighted by molar-refractivity contribution is 0.213. The van der Waals surface area contributed by atoms with Crippen LogP contribution in [0.5, 0.6) is 5.75 Å². The largest absolute Gasteiger partial charge is 0.489 e. The number of aryl methyl sites for hydroxylation is 1. The zero-order chi connectivity index (χ0) is 18.2. The highest BCUT2D eigenvalue weighted by atomic mass is 32.1. The van der Waals surface area contributed by atoms with Gasteiger partial charge in [-0.25, -0.2) is 0 Å². The van der Waals surface area contributed by atoms with Gasteiger partial charge in [0.2, 0.25) is 0 Å². The first kappa shape index (κ1) is 18.7. The van der Waals surface area contributed by atoms with E-state index in [2.05, 4.69) is 15.8 Å². The van der Waals surface area contributed by atoms with Gasteiger partial charge in [0.25, 0.3) is 0 Å². The number of nitrogens with one attached hydrogen (secondary N) is 2. The molecule has 0 heterocycles. The summed E-state index contributed by atoms with van der Waals surface area (Å²) in [5, 5.41) is 10.6. The van der Waals surface area contributed by atoms with Crippen molar-refractivity contribution in [2.75, 3.05) is 19.5 Å². The van der Waals surface area contributed by atoms with Crippen LogP contribution in [0.3, 0.4) is 0 Å². The molecule has 0 saturated heterocycles. The van der Waals surface area contributed by atoms with Crippen molar-refractivity contribution in [3.8, 4) is 5.75 Å². The summed E-state index contributed by atoms with van der Waals surface area (Å²) in [5.41, 5.74) is 4.83. The molecule has 0 amide bonds. The zero-order valence-electron chi connectivity index (χ0n) is 14.9. The van der Waals surface area contributed by atoms with E-state index in [1.807, 2.05) is 56.3 Å². The molecule has 25 heavy (non-hydrogen) atoms. The molecule has 0 radical (unpaired) electrons. The number of hydrogen-bond donors (Lipinski definition) is 2. The van der Waals surface area contributed by atoms with Crippen LogP contribution in [0.4, 0.5) is 5.69 Å². The van der Waals surface area contributed by atoms with Gasteiger partial charge >= 0.3 is 0 Å². The molecule has 2 aromatic rings. The van der Waals surface area contributed by atoms with Gasteiger partial charge in [-0.05, 0) is 61.5 Å². The van der Waals surface area contributed by atoms with E-state index in [9.17, 15) is 0 Å². The minimum Gasteiger partial charge on any atom is -0.489 e. The Labute approximate surface area is 154 Å². The minimum absolute atomic E-state index is 0.445. The molecule has 0 aliphatic carbocycles. The smallest absolute Gasteiger partial charge is 0.170 e. The second-order valence-electron chi connectivity index (χ2n) is 5.49. The molecule has 0 aliphatic rings. The number of hydrogen-bond acceptors (Lipinski definition) is 4. The number of rotatable bonds is 6. The number of thiocarbonyl (C=S) groups is 1. The summed E-state index contributed by atoms with van der Waals surface area (Å²) in [6.45, 7) is 4.37. The maximum atomic E-state index is 6.00. The fourth-order valence-electron chi connectivity index (χ4n) is 2.33. The summed E-state index contributed by atoms with van der Waals surface area (Å²) >= 11 is 5.17. The van der Waals surface area contributed by atoms with Gasteiger partial charge in [-0.3, -0.25) is 0 Å². The maximum absolute atomic E-state index is 6.00. The number of anilines is 1. The third kappa shape index (κ3) is 5.19.